The summed E-state index contributed by atoms with van der Waals surface area (Å²) in [4.78, 5) is 26.7. The number of amides is 1. The average molecular weight is 458 g/mol. The van der Waals surface area contributed by atoms with Gasteiger partial charge in [0.1, 0.15) is 12.1 Å². The molecule has 2 atom stereocenters. The number of fused-ring (bicyclic) bond motifs is 1. The molecule has 1 aliphatic carbocycles. The lowest BCUT2D eigenvalue weighted by molar-refractivity contribution is -0.133. The Morgan fingerprint density at radius 1 is 1.19 bits per heavy atom. The Hall–Kier alpha value is -2.22. The Bertz CT molecular complexity index is 928. The van der Waals surface area contributed by atoms with Crippen LogP contribution in [0.15, 0.2) is 30.6 Å². The molecule has 172 valence electrons. The molecule has 1 saturated heterocycles. The van der Waals surface area contributed by atoms with E-state index in [1.165, 1.54) is 0 Å². The molecule has 0 radical (unpaired) electrons. The van der Waals surface area contributed by atoms with Gasteiger partial charge in [0.25, 0.3) is 0 Å². The molecule has 1 unspecified atom stereocenters. The number of aliphatic hydroxyl groups is 1. The summed E-state index contributed by atoms with van der Waals surface area (Å²) in [5, 5.41) is 13.9. The van der Waals surface area contributed by atoms with Crippen LogP contribution in [0.2, 0.25) is 5.02 Å². The van der Waals surface area contributed by atoms with E-state index in [4.69, 9.17) is 11.6 Å². The number of rotatable bonds is 7. The van der Waals surface area contributed by atoms with Crippen molar-refractivity contribution in [2.45, 2.75) is 44.6 Å². The zero-order valence-electron chi connectivity index (χ0n) is 18.8. The largest absolute Gasteiger partial charge is 0.396 e. The number of carbonyl (C=O) groups is 1. The predicted octanol–water partition coefficient (Wildman–Crippen LogP) is 2.58. The third-order valence-electron chi connectivity index (χ3n) is 6.50. The zero-order chi connectivity index (χ0) is 22.7. The fraction of sp³-hybridized carbons (Fsp3) is 0.542. The lowest BCUT2D eigenvalue weighted by Gasteiger charge is -2.38. The Kier molecular flexibility index (Phi) is 7.28. The Morgan fingerprint density at radius 3 is 2.56 bits per heavy atom. The lowest BCUT2D eigenvalue weighted by atomic mass is 9.96. The van der Waals surface area contributed by atoms with E-state index >= 15 is 0 Å². The molecule has 2 aromatic rings. The predicted molar refractivity (Wildman–Crippen MR) is 126 cm³/mol. The van der Waals surface area contributed by atoms with Crippen LogP contribution in [0.25, 0.3) is 0 Å². The van der Waals surface area contributed by atoms with Crippen LogP contribution in [0, 0.1) is 0 Å². The van der Waals surface area contributed by atoms with Crippen LogP contribution in [-0.2, 0) is 11.2 Å². The van der Waals surface area contributed by atoms with Crippen molar-refractivity contribution in [2.75, 3.05) is 44.2 Å². The Morgan fingerprint density at radius 2 is 1.91 bits per heavy atom. The number of hydrogen-bond acceptors (Lipinski definition) is 6. The SMILES string of the molecule is CC(C)NCC(C(=O)N1CCN(c2ncnc3c2[C@H](CO)CC3)CC1)c1ccc(Cl)cc1. The number of aryl methyl sites for hydroxylation is 1. The molecule has 1 aromatic heterocycles. The second-order valence-electron chi connectivity index (χ2n) is 8.96. The van der Waals surface area contributed by atoms with E-state index in [-0.39, 0.29) is 24.3 Å². The highest BCUT2D eigenvalue weighted by Crippen LogP contribution is 2.37. The first-order chi connectivity index (χ1) is 15.5. The van der Waals surface area contributed by atoms with Crippen molar-refractivity contribution < 1.29 is 9.90 Å². The standard InChI is InChI=1S/C24H32ClN5O2/c1-16(2)26-13-20(17-3-6-19(25)7-4-17)24(32)30-11-9-29(10-12-30)23-22-18(14-31)5-8-21(22)27-15-28-23/h3-4,6-7,15-16,18,20,26,31H,5,8-14H2,1-2H3/t18-,20?/m0/s1. The molecule has 7 nitrogen and oxygen atoms in total. The van der Waals surface area contributed by atoms with E-state index in [1.54, 1.807) is 6.33 Å². The monoisotopic (exact) mass is 457 g/mol. The summed E-state index contributed by atoms with van der Waals surface area (Å²) in [6.45, 7) is 7.62. The molecular formula is C24H32ClN5O2. The van der Waals surface area contributed by atoms with Gasteiger partial charge in [-0.15, -0.1) is 0 Å². The van der Waals surface area contributed by atoms with Crippen LogP contribution in [0.1, 0.15) is 48.9 Å². The number of halogens is 1. The molecule has 1 fully saturated rings. The van der Waals surface area contributed by atoms with Crippen LogP contribution in [-0.4, -0.2) is 71.3 Å². The molecule has 1 aromatic carbocycles. The molecule has 2 N–H and O–H groups in total. The number of hydrogen-bond donors (Lipinski definition) is 2. The third-order valence-corrected chi connectivity index (χ3v) is 6.75. The number of aliphatic hydroxyl groups excluding tert-OH is 1. The molecule has 1 amide bonds. The molecular weight excluding hydrogens is 426 g/mol. The van der Waals surface area contributed by atoms with Crippen molar-refractivity contribution in [1.29, 1.82) is 0 Å². The summed E-state index contributed by atoms with van der Waals surface area (Å²) in [7, 11) is 0. The molecule has 2 heterocycles. The first-order valence-corrected chi connectivity index (χ1v) is 11.8. The van der Waals surface area contributed by atoms with Gasteiger partial charge in [-0.3, -0.25) is 4.79 Å². The van der Waals surface area contributed by atoms with Crippen LogP contribution in [0.5, 0.6) is 0 Å². The van der Waals surface area contributed by atoms with Gasteiger partial charge in [-0.2, -0.15) is 0 Å². The van der Waals surface area contributed by atoms with Gasteiger partial charge in [-0.05, 0) is 30.5 Å². The van der Waals surface area contributed by atoms with Gasteiger partial charge in [0.05, 0.1) is 12.5 Å². The summed E-state index contributed by atoms with van der Waals surface area (Å²) in [6.07, 6.45) is 3.43. The second kappa shape index (κ2) is 10.1. The van der Waals surface area contributed by atoms with Crippen molar-refractivity contribution in [3.05, 3.63) is 52.4 Å². The summed E-state index contributed by atoms with van der Waals surface area (Å²) in [5.74, 6) is 0.927. The van der Waals surface area contributed by atoms with Crippen molar-refractivity contribution in [3.63, 3.8) is 0 Å². The topological polar surface area (TPSA) is 81.6 Å². The van der Waals surface area contributed by atoms with Crippen LogP contribution in [0.4, 0.5) is 5.82 Å². The second-order valence-corrected chi connectivity index (χ2v) is 9.39. The van der Waals surface area contributed by atoms with E-state index in [0.29, 0.717) is 30.7 Å². The summed E-state index contributed by atoms with van der Waals surface area (Å²) < 4.78 is 0. The van der Waals surface area contributed by atoms with E-state index in [9.17, 15) is 9.90 Å². The van der Waals surface area contributed by atoms with Gasteiger partial charge in [0.15, 0.2) is 0 Å². The van der Waals surface area contributed by atoms with Crippen LogP contribution < -0.4 is 10.2 Å². The molecule has 0 saturated carbocycles. The first kappa shape index (κ1) is 23.0. The van der Waals surface area contributed by atoms with Crippen molar-refractivity contribution in [1.82, 2.24) is 20.2 Å². The fourth-order valence-corrected chi connectivity index (χ4v) is 4.81. The molecule has 2 aliphatic rings. The molecule has 0 bridgehead atoms. The molecule has 32 heavy (non-hydrogen) atoms. The van der Waals surface area contributed by atoms with Crippen molar-refractivity contribution in [2.24, 2.45) is 0 Å². The van der Waals surface area contributed by atoms with E-state index in [0.717, 1.165) is 48.6 Å². The number of piperazine rings is 1. The number of nitrogens with zero attached hydrogens (tertiary/aromatic N) is 4. The van der Waals surface area contributed by atoms with Gasteiger partial charge in [0.2, 0.25) is 5.91 Å². The maximum absolute atomic E-state index is 13.5. The number of benzene rings is 1. The van der Waals surface area contributed by atoms with Gasteiger partial charge < -0.3 is 20.2 Å². The number of aromatic nitrogens is 2. The highest BCUT2D eigenvalue weighted by molar-refractivity contribution is 6.30. The number of anilines is 1. The Balaban J connectivity index is 1.46. The van der Waals surface area contributed by atoms with Crippen molar-refractivity contribution in [3.8, 4) is 0 Å². The van der Waals surface area contributed by atoms with Gasteiger partial charge in [-0.1, -0.05) is 37.6 Å². The summed E-state index contributed by atoms with van der Waals surface area (Å²) >= 11 is 6.06. The highest BCUT2D eigenvalue weighted by Gasteiger charge is 2.33. The minimum atomic E-state index is -0.247. The number of nitrogens with one attached hydrogen (secondary N) is 1. The normalized spacial score (nSPS) is 19.3. The first-order valence-electron chi connectivity index (χ1n) is 11.4. The summed E-state index contributed by atoms with van der Waals surface area (Å²) in [5.41, 5.74) is 3.12. The van der Waals surface area contributed by atoms with Gasteiger partial charge >= 0.3 is 0 Å². The molecule has 1 aliphatic heterocycles. The van der Waals surface area contributed by atoms with Gasteiger partial charge in [-0.25, -0.2) is 9.97 Å². The smallest absolute Gasteiger partial charge is 0.231 e. The van der Waals surface area contributed by atoms with E-state index in [2.05, 4.69) is 34.0 Å². The Labute approximate surface area is 194 Å². The number of carbonyl (C=O) groups excluding carboxylic acids is 1. The molecule has 0 spiro atoms. The highest BCUT2D eigenvalue weighted by atomic mass is 35.5. The zero-order valence-corrected chi connectivity index (χ0v) is 19.6. The maximum atomic E-state index is 13.5. The fourth-order valence-electron chi connectivity index (χ4n) is 4.68. The van der Waals surface area contributed by atoms with Crippen LogP contribution >= 0.6 is 11.6 Å². The maximum Gasteiger partial charge on any atom is 0.231 e. The minimum Gasteiger partial charge on any atom is -0.396 e. The van der Waals surface area contributed by atoms with Crippen LogP contribution in [0.3, 0.4) is 0 Å². The summed E-state index contributed by atoms with van der Waals surface area (Å²) in [6, 6.07) is 7.88. The van der Waals surface area contributed by atoms with E-state index in [1.807, 2.05) is 29.2 Å². The van der Waals surface area contributed by atoms with Crippen molar-refractivity contribution >= 4 is 23.3 Å². The third kappa shape index (κ3) is 4.90. The van der Waals surface area contributed by atoms with E-state index < -0.39 is 0 Å². The lowest BCUT2D eigenvalue weighted by Crippen LogP contribution is -2.51. The quantitative estimate of drug-likeness (QED) is 0.665. The van der Waals surface area contributed by atoms with Gasteiger partial charge in [0, 0.05) is 61.0 Å². The molecule has 4 rings (SSSR count). The average Bonchev–Trinajstić information content (AvgIpc) is 3.23. The minimum absolute atomic E-state index is 0.109. The molecule has 8 heteroatoms.